The maximum Gasteiger partial charge on any atom is 0.129 e. The van der Waals surface area contributed by atoms with Crippen LogP contribution in [-0.2, 0) is 6.54 Å². The van der Waals surface area contributed by atoms with Gasteiger partial charge in [-0.3, -0.25) is 9.88 Å². The molecule has 1 aromatic carbocycles. The van der Waals surface area contributed by atoms with Gasteiger partial charge in [0.2, 0.25) is 0 Å². The first-order valence-corrected chi connectivity index (χ1v) is 9.65. The Morgan fingerprint density at radius 2 is 2.07 bits per heavy atom. The van der Waals surface area contributed by atoms with E-state index in [0.29, 0.717) is 6.04 Å². The number of aromatic nitrogens is 2. The molecular formula is C20H24Cl2N4OS. The van der Waals surface area contributed by atoms with Crippen molar-refractivity contribution in [1.29, 1.82) is 0 Å². The molecule has 4 rings (SSSR count). The lowest BCUT2D eigenvalue weighted by atomic mass is 10.1. The number of piperazine rings is 1. The zero-order valence-corrected chi connectivity index (χ0v) is 18.0. The zero-order chi connectivity index (χ0) is 17.8. The number of hydrogen-bond donors (Lipinski definition) is 1. The predicted molar refractivity (Wildman–Crippen MR) is 119 cm³/mol. The molecule has 28 heavy (non-hydrogen) atoms. The smallest absolute Gasteiger partial charge is 0.129 e. The Labute approximate surface area is 182 Å². The van der Waals surface area contributed by atoms with Crippen LogP contribution in [0.3, 0.4) is 0 Å². The number of rotatable bonds is 5. The summed E-state index contributed by atoms with van der Waals surface area (Å²) in [5, 5.41) is 6.65. The molecule has 3 aromatic rings. The molecule has 0 amide bonds. The fraction of sp³-hybridized carbons (Fsp3) is 0.300. The summed E-state index contributed by atoms with van der Waals surface area (Å²) < 4.78 is 5.47. The fourth-order valence-corrected chi connectivity index (χ4v) is 4.21. The van der Waals surface area contributed by atoms with Gasteiger partial charge in [-0.2, -0.15) is 0 Å². The molecule has 1 aliphatic rings. The average molecular weight is 439 g/mol. The monoisotopic (exact) mass is 438 g/mol. The van der Waals surface area contributed by atoms with E-state index in [1.807, 2.05) is 36.7 Å². The van der Waals surface area contributed by atoms with Crippen LogP contribution in [0.5, 0.6) is 5.75 Å². The highest BCUT2D eigenvalue weighted by Gasteiger charge is 2.24. The number of nitrogens with zero attached hydrogens (tertiary/aromatic N) is 3. The third kappa shape index (κ3) is 5.01. The van der Waals surface area contributed by atoms with E-state index in [4.69, 9.17) is 9.72 Å². The van der Waals surface area contributed by atoms with E-state index < -0.39 is 0 Å². The van der Waals surface area contributed by atoms with Gasteiger partial charge in [0.25, 0.3) is 0 Å². The van der Waals surface area contributed by atoms with Crippen LogP contribution < -0.4 is 10.1 Å². The quantitative estimate of drug-likeness (QED) is 0.646. The van der Waals surface area contributed by atoms with Gasteiger partial charge in [0, 0.05) is 50.0 Å². The fourth-order valence-electron chi connectivity index (χ4n) is 3.37. The molecule has 0 spiro atoms. The van der Waals surface area contributed by atoms with Gasteiger partial charge in [-0.1, -0.05) is 18.2 Å². The van der Waals surface area contributed by atoms with Crippen molar-refractivity contribution in [3.8, 4) is 16.3 Å². The van der Waals surface area contributed by atoms with Crippen LogP contribution in [0.15, 0.2) is 54.2 Å². The summed E-state index contributed by atoms with van der Waals surface area (Å²) >= 11 is 1.67. The summed E-state index contributed by atoms with van der Waals surface area (Å²) in [6.07, 6.45) is 3.79. The maximum atomic E-state index is 5.47. The topological polar surface area (TPSA) is 50.3 Å². The molecular weight excluding hydrogens is 415 g/mol. The Kier molecular flexibility index (Phi) is 8.66. The lowest BCUT2D eigenvalue weighted by Gasteiger charge is -2.35. The van der Waals surface area contributed by atoms with Gasteiger partial charge in [0.15, 0.2) is 0 Å². The number of benzene rings is 1. The maximum absolute atomic E-state index is 5.47. The highest BCUT2D eigenvalue weighted by molar-refractivity contribution is 7.13. The number of pyridine rings is 1. The first-order valence-electron chi connectivity index (χ1n) is 8.77. The number of thiazole rings is 1. The van der Waals surface area contributed by atoms with Crippen LogP contribution >= 0.6 is 36.2 Å². The van der Waals surface area contributed by atoms with Crippen molar-refractivity contribution in [2.45, 2.75) is 12.6 Å². The van der Waals surface area contributed by atoms with Gasteiger partial charge >= 0.3 is 0 Å². The normalized spacial score (nSPS) is 16.7. The van der Waals surface area contributed by atoms with Gasteiger partial charge < -0.3 is 10.1 Å². The molecule has 5 nitrogen and oxygen atoms in total. The van der Waals surface area contributed by atoms with Crippen molar-refractivity contribution in [1.82, 2.24) is 20.2 Å². The molecule has 1 atom stereocenters. The summed E-state index contributed by atoms with van der Waals surface area (Å²) in [5.74, 6) is 0.865. The first kappa shape index (κ1) is 22.6. The molecule has 0 radical (unpaired) electrons. The van der Waals surface area contributed by atoms with Crippen LogP contribution in [-0.4, -0.2) is 41.6 Å². The minimum Gasteiger partial charge on any atom is -0.496 e. The van der Waals surface area contributed by atoms with E-state index in [1.54, 1.807) is 18.4 Å². The Morgan fingerprint density at radius 1 is 1.21 bits per heavy atom. The van der Waals surface area contributed by atoms with E-state index >= 15 is 0 Å². The van der Waals surface area contributed by atoms with E-state index in [2.05, 4.69) is 32.7 Å². The van der Waals surface area contributed by atoms with Crippen molar-refractivity contribution >= 4 is 36.2 Å². The summed E-state index contributed by atoms with van der Waals surface area (Å²) in [5.41, 5.74) is 3.40. The van der Waals surface area contributed by atoms with Crippen molar-refractivity contribution < 1.29 is 4.74 Å². The van der Waals surface area contributed by atoms with Crippen molar-refractivity contribution in [3.05, 3.63) is 65.4 Å². The largest absolute Gasteiger partial charge is 0.496 e. The number of hydrogen-bond acceptors (Lipinski definition) is 6. The van der Waals surface area contributed by atoms with Crippen LogP contribution in [0.25, 0.3) is 10.6 Å². The molecule has 0 bridgehead atoms. The highest BCUT2D eigenvalue weighted by Crippen LogP contribution is 2.32. The summed E-state index contributed by atoms with van der Waals surface area (Å²) in [4.78, 5) is 11.6. The Morgan fingerprint density at radius 3 is 2.86 bits per heavy atom. The van der Waals surface area contributed by atoms with Gasteiger partial charge in [-0.25, -0.2) is 4.98 Å². The Balaban J connectivity index is 0.00000140. The molecule has 0 aliphatic carbocycles. The third-order valence-corrected chi connectivity index (χ3v) is 5.60. The number of halogens is 2. The zero-order valence-electron chi connectivity index (χ0n) is 15.6. The number of para-hydroxylation sites is 1. The second-order valence-corrected chi connectivity index (χ2v) is 7.18. The summed E-state index contributed by atoms with van der Waals surface area (Å²) in [6, 6.07) is 12.5. The standard InChI is InChI=1S/C20H22N4OS.2ClH/c1-25-19-7-3-2-6-17(19)20-23-16(14-26-20)13-24-10-9-22-12-18(24)15-5-4-8-21-11-15;;/h2-8,11,14,18,22H,9-10,12-13H2,1H3;2*1H. The second kappa shape index (κ2) is 10.7. The number of methoxy groups -OCH3 is 1. The lowest BCUT2D eigenvalue weighted by Crippen LogP contribution is -2.45. The molecule has 1 aliphatic heterocycles. The van der Waals surface area contributed by atoms with Crippen molar-refractivity contribution in [2.24, 2.45) is 0 Å². The molecule has 0 saturated carbocycles. The summed E-state index contributed by atoms with van der Waals surface area (Å²) in [7, 11) is 1.70. The Hall–Kier alpha value is -1.70. The molecule has 1 saturated heterocycles. The molecule has 2 aromatic heterocycles. The predicted octanol–water partition coefficient (Wildman–Crippen LogP) is 4.20. The molecule has 3 heterocycles. The first-order chi connectivity index (χ1) is 12.8. The van der Waals surface area contributed by atoms with Gasteiger partial charge in [0.05, 0.1) is 18.4 Å². The SMILES string of the molecule is COc1ccccc1-c1nc(CN2CCNCC2c2cccnc2)cs1.Cl.Cl. The van der Waals surface area contributed by atoms with Gasteiger partial charge in [0.1, 0.15) is 10.8 Å². The van der Waals surface area contributed by atoms with Crippen molar-refractivity contribution in [3.63, 3.8) is 0 Å². The van der Waals surface area contributed by atoms with E-state index in [0.717, 1.165) is 48.2 Å². The van der Waals surface area contributed by atoms with Crippen molar-refractivity contribution in [2.75, 3.05) is 26.7 Å². The molecule has 1 N–H and O–H groups in total. The van der Waals surface area contributed by atoms with Crippen LogP contribution in [0.4, 0.5) is 0 Å². The molecule has 1 fully saturated rings. The second-order valence-electron chi connectivity index (χ2n) is 6.32. The molecule has 150 valence electrons. The minimum absolute atomic E-state index is 0. The number of ether oxygens (including phenoxy) is 1. The lowest BCUT2D eigenvalue weighted by molar-refractivity contribution is 0.152. The minimum atomic E-state index is 0. The van der Waals surface area contributed by atoms with Crippen LogP contribution in [0.2, 0.25) is 0 Å². The van der Waals surface area contributed by atoms with E-state index in [1.165, 1.54) is 5.56 Å². The average Bonchev–Trinajstić information content (AvgIpc) is 3.17. The third-order valence-electron chi connectivity index (χ3n) is 4.68. The molecule has 8 heteroatoms. The highest BCUT2D eigenvalue weighted by atomic mass is 35.5. The number of nitrogens with one attached hydrogen (secondary N) is 1. The van der Waals surface area contributed by atoms with Crippen LogP contribution in [0, 0.1) is 0 Å². The van der Waals surface area contributed by atoms with E-state index in [-0.39, 0.29) is 24.8 Å². The van der Waals surface area contributed by atoms with E-state index in [9.17, 15) is 0 Å². The summed E-state index contributed by atoms with van der Waals surface area (Å²) in [6.45, 7) is 3.78. The van der Waals surface area contributed by atoms with Gasteiger partial charge in [-0.05, 0) is 23.8 Å². The van der Waals surface area contributed by atoms with Gasteiger partial charge in [-0.15, -0.1) is 36.2 Å². The Bertz CT molecular complexity index is 862. The molecule has 1 unspecified atom stereocenters. The van der Waals surface area contributed by atoms with Crippen LogP contribution in [0.1, 0.15) is 17.3 Å².